The van der Waals surface area contributed by atoms with Gasteiger partial charge in [0.05, 0.1) is 6.33 Å². The molecule has 166 valence electrons. The van der Waals surface area contributed by atoms with Crippen LogP contribution in [-0.2, 0) is 25.4 Å². The number of furan rings is 1. The Balaban J connectivity index is 1.52. The van der Waals surface area contributed by atoms with Crippen molar-refractivity contribution in [3.63, 3.8) is 0 Å². The number of carbonyl (C=O) groups is 1. The number of hydrogen-bond acceptors (Lipinski definition) is 5. The summed E-state index contributed by atoms with van der Waals surface area (Å²) in [4.78, 5) is 42.9. The van der Waals surface area contributed by atoms with Crippen LogP contribution in [-0.4, -0.2) is 24.6 Å². The number of aromatic nitrogens is 4. The molecule has 0 fully saturated rings. The van der Waals surface area contributed by atoms with E-state index < -0.39 is 29.7 Å². The average molecular weight is 443 g/mol. The van der Waals surface area contributed by atoms with E-state index in [0.717, 1.165) is 15.5 Å². The van der Waals surface area contributed by atoms with Crippen LogP contribution in [0, 0.1) is 0 Å². The lowest BCUT2D eigenvalue weighted by atomic mass is 10.0. The van der Waals surface area contributed by atoms with Crippen molar-refractivity contribution < 1.29 is 9.21 Å². The van der Waals surface area contributed by atoms with Gasteiger partial charge in [0.15, 0.2) is 11.2 Å². The molecular weight excluding hydrogens is 422 g/mol. The lowest BCUT2D eigenvalue weighted by Gasteiger charge is -2.18. The van der Waals surface area contributed by atoms with Gasteiger partial charge in [0.1, 0.15) is 23.9 Å². The Morgan fingerprint density at radius 3 is 2.55 bits per heavy atom. The van der Waals surface area contributed by atoms with Gasteiger partial charge < -0.3 is 14.3 Å². The van der Waals surface area contributed by atoms with Crippen LogP contribution >= 0.6 is 0 Å². The van der Waals surface area contributed by atoms with E-state index in [1.54, 1.807) is 7.05 Å². The predicted molar refractivity (Wildman–Crippen MR) is 123 cm³/mol. The third kappa shape index (κ3) is 3.53. The van der Waals surface area contributed by atoms with E-state index in [0.29, 0.717) is 11.3 Å². The van der Waals surface area contributed by atoms with Gasteiger partial charge in [-0.2, -0.15) is 0 Å². The van der Waals surface area contributed by atoms with Crippen LogP contribution in [0.4, 0.5) is 0 Å². The van der Waals surface area contributed by atoms with Crippen LogP contribution in [0.2, 0.25) is 0 Å². The summed E-state index contributed by atoms with van der Waals surface area (Å²) in [6.07, 6.45) is 1.46. The van der Waals surface area contributed by atoms with Gasteiger partial charge >= 0.3 is 5.69 Å². The number of rotatable bonds is 5. The van der Waals surface area contributed by atoms with Crippen molar-refractivity contribution in [2.24, 2.45) is 14.1 Å². The summed E-state index contributed by atoms with van der Waals surface area (Å²) in [6, 6.07) is 18.2. The lowest BCUT2D eigenvalue weighted by Crippen LogP contribution is -2.44. The highest BCUT2D eigenvalue weighted by molar-refractivity contribution is 5.80. The summed E-state index contributed by atoms with van der Waals surface area (Å²) in [6.45, 7) is -0.434. The molecule has 1 amide bonds. The molecule has 5 rings (SSSR count). The Morgan fingerprint density at radius 1 is 1.06 bits per heavy atom. The minimum Gasteiger partial charge on any atom is -0.459 e. The second kappa shape index (κ2) is 7.94. The number of imidazole rings is 1. The topological polar surface area (TPSA) is 104 Å². The second-order valence-electron chi connectivity index (χ2n) is 7.86. The van der Waals surface area contributed by atoms with Gasteiger partial charge in [-0.15, -0.1) is 0 Å². The molecule has 0 radical (unpaired) electrons. The van der Waals surface area contributed by atoms with Gasteiger partial charge in [-0.05, 0) is 17.7 Å². The Bertz CT molecular complexity index is 1570. The minimum atomic E-state index is -0.610. The van der Waals surface area contributed by atoms with Gasteiger partial charge in [0.25, 0.3) is 5.56 Å². The summed E-state index contributed by atoms with van der Waals surface area (Å²) in [5, 5.41) is 3.84. The molecule has 9 heteroatoms. The fourth-order valence-electron chi connectivity index (χ4n) is 3.99. The predicted octanol–water partition coefficient (Wildman–Crippen LogP) is 2.09. The molecule has 0 aliphatic carbocycles. The molecule has 0 bridgehead atoms. The maximum Gasteiger partial charge on any atom is 0.332 e. The van der Waals surface area contributed by atoms with E-state index in [4.69, 9.17) is 4.42 Å². The maximum atomic E-state index is 13.1. The summed E-state index contributed by atoms with van der Waals surface area (Å²) >= 11 is 0. The molecule has 0 aliphatic rings. The smallest absolute Gasteiger partial charge is 0.332 e. The Kier molecular flexibility index (Phi) is 4.93. The minimum absolute atomic E-state index is 0.252. The van der Waals surface area contributed by atoms with Crippen molar-refractivity contribution >= 4 is 28.0 Å². The third-order valence-corrected chi connectivity index (χ3v) is 5.67. The maximum absolute atomic E-state index is 13.1. The number of fused-ring (bicyclic) bond motifs is 2. The molecule has 3 heterocycles. The van der Waals surface area contributed by atoms with Crippen LogP contribution in [0.5, 0.6) is 0 Å². The molecule has 0 saturated heterocycles. The highest BCUT2D eigenvalue weighted by Crippen LogP contribution is 2.28. The number of aryl methyl sites for hydroxylation is 2. The summed E-state index contributed by atoms with van der Waals surface area (Å²) in [5.41, 5.74) is 0.863. The third-order valence-electron chi connectivity index (χ3n) is 5.67. The zero-order valence-electron chi connectivity index (χ0n) is 18.1. The molecule has 0 unspecified atom stereocenters. The summed E-state index contributed by atoms with van der Waals surface area (Å²) in [7, 11) is 3.19. The zero-order chi connectivity index (χ0) is 23.1. The monoisotopic (exact) mass is 443 g/mol. The van der Waals surface area contributed by atoms with Crippen molar-refractivity contribution in [2.45, 2.75) is 12.6 Å². The first kappa shape index (κ1) is 20.5. The van der Waals surface area contributed by atoms with Crippen LogP contribution in [0.15, 0.2) is 81.0 Å². The SMILES string of the molecule is Cn1cnc2c1c(=O)n(CC(=O)N[C@H](c1ccccc1)c1cc3ccccc3o1)c(=O)n2C. The number of benzene rings is 2. The summed E-state index contributed by atoms with van der Waals surface area (Å²) in [5.74, 6) is 0.0584. The molecule has 9 nitrogen and oxygen atoms in total. The molecule has 2 aromatic carbocycles. The molecule has 1 atom stereocenters. The van der Waals surface area contributed by atoms with Gasteiger partial charge in [-0.1, -0.05) is 48.5 Å². The molecule has 0 spiro atoms. The molecule has 5 aromatic rings. The van der Waals surface area contributed by atoms with Gasteiger partial charge in [0, 0.05) is 19.5 Å². The van der Waals surface area contributed by atoms with E-state index in [9.17, 15) is 14.4 Å². The summed E-state index contributed by atoms with van der Waals surface area (Å²) < 4.78 is 9.72. The van der Waals surface area contributed by atoms with Crippen LogP contribution in [0.1, 0.15) is 17.4 Å². The normalized spacial score (nSPS) is 12.3. The first-order chi connectivity index (χ1) is 15.9. The number of nitrogens with one attached hydrogen (secondary N) is 1. The van der Waals surface area contributed by atoms with Crippen molar-refractivity contribution in [2.75, 3.05) is 0 Å². The van der Waals surface area contributed by atoms with E-state index in [1.807, 2.05) is 60.7 Å². The highest BCUT2D eigenvalue weighted by Gasteiger charge is 2.23. The number of para-hydroxylation sites is 1. The number of carbonyl (C=O) groups excluding carboxylic acids is 1. The molecular formula is C24H21N5O4. The number of hydrogen-bond donors (Lipinski definition) is 1. The van der Waals surface area contributed by atoms with Crippen LogP contribution in [0.3, 0.4) is 0 Å². The Morgan fingerprint density at radius 2 is 1.79 bits per heavy atom. The fraction of sp³-hybridized carbons (Fsp3) is 0.167. The molecule has 1 N–H and O–H groups in total. The first-order valence-corrected chi connectivity index (χ1v) is 10.4. The number of amides is 1. The van der Waals surface area contributed by atoms with Crippen LogP contribution in [0.25, 0.3) is 22.1 Å². The van der Waals surface area contributed by atoms with Crippen molar-refractivity contribution in [1.82, 2.24) is 24.0 Å². The second-order valence-corrected chi connectivity index (χ2v) is 7.86. The first-order valence-electron chi connectivity index (χ1n) is 10.4. The Hall–Kier alpha value is -4.40. The van der Waals surface area contributed by atoms with Crippen molar-refractivity contribution in [3.8, 4) is 0 Å². The fourth-order valence-corrected chi connectivity index (χ4v) is 3.99. The van der Waals surface area contributed by atoms with Gasteiger partial charge in [-0.25, -0.2) is 14.3 Å². The molecule has 0 saturated carbocycles. The van der Waals surface area contributed by atoms with E-state index >= 15 is 0 Å². The molecule has 0 aliphatic heterocycles. The van der Waals surface area contributed by atoms with E-state index in [-0.39, 0.29) is 11.2 Å². The molecule has 3 aromatic heterocycles. The van der Waals surface area contributed by atoms with Crippen LogP contribution < -0.4 is 16.6 Å². The quantitative estimate of drug-likeness (QED) is 0.448. The number of nitrogens with zero attached hydrogens (tertiary/aromatic N) is 4. The van der Waals surface area contributed by atoms with E-state index in [1.165, 1.54) is 22.5 Å². The Labute approximate surface area is 187 Å². The zero-order valence-corrected chi connectivity index (χ0v) is 18.1. The average Bonchev–Trinajstić information content (AvgIpc) is 3.43. The van der Waals surface area contributed by atoms with E-state index in [2.05, 4.69) is 10.3 Å². The van der Waals surface area contributed by atoms with Gasteiger partial charge in [0.2, 0.25) is 5.91 Å². The molecule has 33 heavy (non-hydrogen) atoms. The van der Waals surface area contributed by atoms with Crippen molar-refractivity contribution in [3.05, 3.63) is 99.2 Å². The standard InChI is InChI=1S/C24H21N5O4/c1-27-14-25-22-21(27)23(31)29(24(32)28(22)2)13-19(30)26-20(15-8-4-3-5-9-15)18-12-16-10-6-7-11-17(16)33-18/h3-12,14,20H,13H2,1-2H3,(H,26,30)/t20-/m1/s1. The largest absolute Gasteiger partial charge is 0.459 e. The van der Waals surface area contributed by atoms with Crippen molar-refractivity contribution in [1.29, 1.82) is 0 Å². The van der Waals surface area contributed by atoms with Gasteiger partial charge in [-0.3, -0.25) is 14.2 Å². The lowest BCUT2D eigenvalue weighted by molar-refractivity contribution is -0.122. The highest BCUT2D eigenvalue weighted by atomic mass is 16.3.